The minimum Gasteiger partial charge on any atom is -0.395 e. The van der Waals surface area contributed by atoms with E-state index in [1.54, 1.807) is 0 Å². The van der Waals surface area contributed by atoms with Gasteiger partial charge in [-0.05, 0) is 19.4 Å². The first-order valence-corrected chi connectivity index (χ1v) is 7.85. The molecule has 6 nitrogen and oxygen atoms in total. The molecule has 1 fully saturated rings. The average Bonchev–Trinajstić information content (AvgIpc) is 3.05. The molecule has 1 unspecified atom stereocenters. The van der Waals surface area contributed by atoms with E-state index in [0.29, 0.717) is 11.8 Å². The molecule has 22 heavy (non-hydrogen) atoms. The van der Waals surface area contributed by atoms with Crippen molar-refractivity contribution in [3.05, 3.63) is 30.3 Å². The minimum absolute atomic E-state index is 0.235. The van der Waals surface area contributed by atoms with Crippen LogP contribution in [0.2, 0.25) is 0 Å². The highest BCUT2D eigenvalue weighted by Gasteiger charge is 2.21. The molecule has 2 aromatic rings. The van der Waals surface area contributed by atoms with Crippen LogP contribution in [0.1, 0.15) is 19.3 Å². The fourth-order valence-corrected chi connectivity index (χ4v) is 2.87. The van der Waals surface area contributed by atoms with Crippen molar-refractivity contribution in [3.8, 4) is 11.4 Å². The lowest BCUT2D eigenvalue weighted by Gasteiger charge is -2.34. The number of aliphatic hydroxyl groups is 1. The van der Waals surface area contributed by atoms with E-state index in [1.165, 1.54) is 12.8 Å². The zero-order valence-corrected chi connectivity index (χ0v) is 12.6. The van der Waals surface area contributed by atoms with Gasteiger partial charge in [0.15, 0.2) is 0 Å². The molecule has 2 heterocycles. The van der Waals surface area contributed by atoms with Crippen molar-refractivity contribution in [2.24, 2.45) is 0 Å². The molecule has 1 atom stereocenters. The van der Waals surface area contributed by atoms with Gasteiger partial charge in [0.25, 0.3) is 0 Å². The molecule has 1 aromatic carbocycles. The van der Waals surface area contributed by atoms with Gasteiger partial charge in [-0.1, -0.05) is 41.9 Å². The van der Waals surface area contributed by atoms with Gasteiger partial charge in [0.1, 0.15) is 0 Å². The van der Waals surface area contributed by atoms with Crippen LogP contribution in [0.15, 0.2) is 34.9 Å². The van der Waals surface area contributed by atoms with Crippen molar-refractivity contribution in [3.63, 3.8) is 0 Å². The molecule has 118 valence electrons. The predicted octanol–water partition coefficient (Wildman–Crippen LogP) is 2.00. The summed E-state index contributed by atoms with van der Waals surface area (Å²) < 4.78 is 5.22. The van der Waals surface area contributed by atoms with Crippen LogP contribution >= 0.6 is 0 Å². The van der Waals surface area contributed by atoms with Crippen molar-refractivity contribution in [2.45, 2.75) is 25.3 Å². The summed E-state index contributed by atoms with van der Waals surface area (Å²) in [5.41, 5.74) is 0.940. The highest BCUT2D eigenvalue weighted by atomic mass is 16.5. The van der Waals surface area contributed by atoms with Crippen LogP contribution in [-0.4, -0.2) is 52.4 Å². The Morgan fingerprint density at radius 2 is 2.14 bits per heavy atom. The summed E-state index contributed by atoms with van der Waals surface area (Å²) in [5, 5.41) is 16.5. The average molecular weight is 302 g/mol. The van der Waals surface area contributed by atoms with Crippen molar-refractivity contribution < 1.29 is 9.63 Å². The second-order valence-corrected chi connectivity index (χ2v) is 5.58. The van der Waals surface area contributed by atoms with Crippen molar-refractivity contribution in [1.82, 2.24) is 15.0 Å². The maximum absolute atomic E-state index is 9.40. The lowest BCUT2D eigenvalue weighted by atomic mass is 10.0. The Balaban J connectivity index is 1.51. The minimum atomic E-state index is 0.235. The van der Waals surface area contributed by atoms with Crippen LogP contribution in [-0.2, 0) is 0 Å². The number of aliphatic hydroxyl groups excluding tert-OH is 1. The molecule has 2 N–H and O–H groups in total. The van der Waals surface area contributed by atoms with E-state index in [9.17, 15) is 5.11 Å². The Kier molecular flexibility index (Phi) is 5.03. The summed E-state index contributed by atoms with van der Waals surface area (Å²) in [6.45, 7) is 2.88. The van der Waals surface area contributed by atoms with Gasteiger partial charge in [0.2, 0.25) is 5.82 Å². The Morgan fingerprint density at radius 3 is 2.95 bits per heavy atom. The predicted molar refractivity (Wildman–Crippen MR) is 84.5 cm³/mol. The fourth-order valence-electron chi connectivity index (χ4n) is 2.87. The molecule has 1 aliphatic heterocycles. The van der Waals surface area contributed by atoms with Crippen LogP contribution in [0, 0.1) is 0 Å². The summed E-state index contributed by atoms with van der Waals surface area (Å²) in [5.74, 6) is 0.592. The molecule has 0 saturated carbocycles. The molecule has 1 aliphatic rings. The van der Waals surface area contributed by atoms with Crippen LogP contribution in [0.4, 0.5) is 6.01 Å². The second-order valence-electron chi connectivity index (χ2n) is 5.58. The van der Waals surface area contributed by atoms with Gasteiger partial charge in [0, 0.05) is 24.7 Å². The van der Waals surface area contributed by atoms with Gasteiger partial charge in [-0.15, -0.1) is 0 Å². The Bertz CT molecular complexity index is 573. The number of rotatable bonds is 6. The molecular weight excluding hydrogens is 280 g/mol. The monoisotopic (exact) mass is 302 g/mol. The second kappa shape index (κ2) is 7.38. The van der Waals surface area contributed by atoms with Crippen molar-refractivity contribution in [1.29, 1.82) is 0 Å². The molecule has 0 amide bonds. The van der Waals surface area contributed by atoms with E-state index >= 15 is 0 Å². The van der Waals surface area contributed by atoms with Gasteiger partial charge in [-0.25, -0.2) is 0 Å². The van der Waals surface area contributed by atoms with Crippen LogP contribution in [0.3, 0.4) is 0 Å². The summed E-state index contributed by atoms with van der Waals surface area (Å²) in [6, 6.07) is 10.5. The van der Waals surface area contributed by atoms with Crippen molar-refractivity contribution >= 4 is 6.01 Å². The number of hydrogen-bond acceptors (Lipinski definition) is 6. The van der Waals surface area contributed by atoms with Crippen LogP contribution < -0.4 is 5.32 Å². The quantitative estimate of drug-likeness (QED) is 0.850. The van der Waals surface area contributed by atoms with E-state index in [0.717, 1.165) is 31.6 Å². The molecule has 0 aliphatic carbocycles. The maximum atomic E-state index is 9.40. The smallest absolute Gasteiger partial charge is 0.321 e. The molecule has 3 rings (SSSR count). The molecule has 6 heteroatoms. The van der Waals surface area contributed by atoms with Crippen LogP contribution in [0.25, 0.3) is 11.4 Å². The summed E-state index contributed by atoms with van der Waals surface area (Å²) in [4.78, 5) is 6.67. The van der Waals surface area contributed by atoms with E-state index in [2.05, 4.69) is 20.4 Å². The van der Waals surface area contributed by atoms with E-state index < -0.39 is 0 Å². The lowest BCUT2D eigenvalue weighted by Crippen LogP contribution is -2.44. The summed E-state index contributed by atoms with van der Waals surface area (Å²) in [6.07, 6.45) is 3.49. The normalized spacial score (nSPS) is 19.2. The van der Waals surface area contributed by atoms with E-state index in [1.807, 2.05) is 30.3 Å². The third kappa shape index (κ3) is 3.64. The van der Waals surface area contributed by atoms with Gasteiger partial charge < -0.3 is 14.9 Å². The number of nitrogens with one attached hydrogen (secondary N) is 1. The number of hydrogen-bond donors (Lipinski definition) is 2. The lowest BCUT2D eigenvalue weighted by molar-refractivity contribution is 0.0938. The number of benzene rings is 1. The molecule has 1 saturated heterocycles. The SMILES string of the molecule is OCC1CCCCN1CCNc1nc(-c2ccccc2)no1. The number of aromatic nitrogens is 2. The Morgan fingerprint density at radius 1 is 1.27 bits per heavy atom. The number of anilines is 1. The first kappa shape index (κ1) is 15.0. The van der Waals surface area contributed by atoms with Gasteiger partial charge >= 0.3 is 6.01 Å². The van der Waals surface area contributed by atoms with Gasteiger partial charge in [0.05, 0.1) is 6.61 Å². The molecule has 1 aromatic heterocycles. The first-order valence-electron chi connectivity index (χ1n) is 7.85. The largest absolute Gasteiger partial charge is 0.395 e. The Hall–Kier alpha value is -1.92. The van der Waals surface area contributed by atoms with Gasteiger partial charge in [-0.3, -0.25) is 4.90 Å². The molecule has 0 bridgehead atoms. The van der Waals surface area contributed by atoms with E-state index in [-0.39, 0.29) is 12.6 Å². The topological polar surface area (TPSA) is 74.4 Å². The number of likely N-dealkylation sites (tertiary alicyclic amines) is 1. The molecule has 0 radical (unpaired) electrons. The summed E-state index contributed by atoms with van der Waals surface area (Å²) in [7, 11) is 0. The Labute approximate surface area is 130 Å². The number of nitrogens with zero attached hydrogens (tertiary/aromatic N) is 3. The zero-order chi connectivity index (χ0) is 15.2. The maximum Gasteiger partial charge on any atom is 0.321 e. The fraction of sp³-hybridized carbons (Fsp3) is 0.500. The third-order valence-corrected chi connectivity index (χ3v) is 4.09. The van der Waals surface area contributed by atoms with E-state index in [4.69, 9.17) is 4.52 Å². The zero-order valence-electron chi connectivity index (χ0n) is 12.6. The molecular formula is C16H22N4O2. The first-order chi connectivity index (χ1) is 10.9. The highest BCUT2D eigenvalue weighted by Crippen LogP contribution is 2.18. The van der Waals surface area contributed by atoms with Crippen molar-refractivity contribution in [2.75, 3.05) is 31.6 Å². The van der Waals surface area contributed by atoms with Gasteiger partial charge in [-0.2, -0.15) is 4.98 Å². The third-order valence-electron chi connectivity index (χ3n) is 4.09. The highest BCUT2D eigenvalue weighted by molar-refractivity contribution is 5.54. The summed E-state index contributed by atoms with van der Waals surface area (Å²) >= 11 is 0. The molecule has 0 spiro atoms. The standard InChI is InChI=1S/C16H22N4O2/c21-12-14-8-4-5-10-20(14)11-9-17-16-18-15(19-22-16)13-6-2-1-3-7-13/h1-3,6-7,14,21H,4-5,8-12H2,(H,17,18,19). The van der Waals surface area contributed by atoms with Crippen LogP contribution in [0.5, 0.6) is 0 Å². The number of piperidine rings is 1.